The second-order valence-electron chi connectivity index (χ2n) is 5.61. The largest absolute Gasteiger partial charge is 0.494 e. The molecule has 2 aliphatic heterocycles. The molecular weight excluding hydrogens is 284 g/mol. The zero-order valence-electron chi connectivity index (χ0n) is 12.6. The van der Waals surface area contributed by atoms with Gasteiger partial charge in [0.15, 0.2) is 0 Å². The lowest BCUT2D eigenvalue weighted by Crippen LogP contribution is -2.52. The third kappa shape index (κ3) is 2.34. The van der Waals surface area contributed by atoms with Crippen molar-refractivity contribution in [1.29, 1.82) is 0 Å². The SMILES string of the molecule is CCOc1cc2c(cc1C)C(=O)N(C1CCC(=O)NC1=O)C2. The Bertz CT molecular complexity index is 668. The van der Waals surface area contributed by atoms with Crippen LogP contribution in [0.25, 0.3) is 0 Å². The second-order valence-corrected chi connectivity index (χ2v) is 5.61. The maximum absolute atomic E-state index is 12.6. The lowest BCUT2D eigenvalue weighted by Gasteiger charge is -2.29. The van der Waals surface area contributed by atoms with E-state index in [1.54, 1.807) is 4.90 Å². The molecule has 3 amide bonds. The zero-order valence-corrected chi connectivity index (χ0v) is 12.6. The highest BCUT2D eigenvalue weighted by molar-refractivity contribution is 6.05. The highest BCUT2D eigenvalue weighted by Gasteiger charge is 2.39. The number of fused-ring (bicyclic) bond motifs is 1. The van der Waals surface area contributed by atoms with Gasteiger partial charge in [0.25, 0.3) is 5.91 Å². The van der Waals surface area contributed by atoms with Gasteiger partial charge in [0.05, 0.1) is 6.61 Å². The zero-order chi connectivity index (χ0) is 15.9. The van der Waals surface area contributed by atoms with Gasteiger partial charge in [-0.1, -0.05) is 0 Å². The van der Waals surface area contributed by atoms with E-state index >= 15 is 0 Å². The molecule has 6 nitrogen and oxygen atoms in total. The summed E-state index contributed by atoms with van der Waals surface area (Å²) in [4.78, 5) is 37.3. The van der Waals surface area contributed by atoms with Gasteiger partial charge in [-0.3, -0.25) is 19.7 Å². The minimum absolute atomic E-state index is 0.157. The Hall–Kier alpha value is -2.37. The van der Waals surface area contributed by atoms with Gasteiger partial charge < -0.3 is 9.64 Å². The number of ether oxygens (including phenoxy) is 1. The molecule has 6 heteroatoms. The van der Waals surface area contributed by atoms with E-state index in [0.29, 0.717) is 25.1 Å². The van der Waals surface area contributed by atoms with Gasteiger partial charge in [0.1, 0.15) is 11.8 Å². The first kappa shape index (κ1) is 14.6. The molecule has 1 aromatic rings. The van der Waals surface area contributed by atoms with Crippen LogP contribution in [-0.2, 0) is 16.1 Å². The summed E-state index contributed by atoms with van der Waals surface area (Å²) in [6.45, 7) is 4.74. The van der Waals surface area contributed by atoms with Crippen molar-refractivity contribution in [3.63, 3.8) is 0 Å². The van der Waals surface area contributed by atoms with Crippen LogP contribution in [0.4, 0.5) is 0 Å². The number of hydrogen-bond donors (Lipinski definition) is 1. The number of benzene rings is 1. The monoisotopic (exact) mass is 302 g/mol. The van der Waals surface area contributed by atoms with Crippen molar-refractivity contribution in [2.24, 2.45) is 0 Å². The third-order valence-corrected chi connectivity index (χ3v) is 4.12. The van der Waals surface area contributed by atoms with Crippen LogP contribution in [-0.4, -0.2) is 35.3 Å². The third-order valence-electron chi connectivity index (χ3n) is 4.12. The first-order chi connectivity index (χ1) is 10.5. The van der Waals surface area contributed by atoms with Crippen LogP contribution in [0.2, 0.25) is 0 Å². The molecule has 1 atom stereocenters. The molecule has 22 heavy (non-hydrogen) atoms. The van der Waals surface area contributed by atoms with E-state index in [0.717, 1.165) is 16.9 Å². The topological polar surface area (TPSA) is 75.7 Å². The van der Waals surface area contributed by atoms with E-state index < -0.39 is 6.04 Å². The van der Waals surface area contributed by atoms with Crippen molar-refractivity contribution in [3.8, 4) is 5.75 Å². The number of imide groups is 1. The van der Waals surface area contributed by atoms with Crippen LogP contribution >= 0.6 is 0 Å². The number of carbonyl (C=O) groups excluding carboxylic acids is 3. The van der Waals surface area contributed by atoms with Gasteiger partial charge in [0.2, 0.25) is 11.8 Å². The minimum atomic E-state index is -0.576. The van der Waals surface area contributed by atoms with E-state index in [1.165, 1.54) is 0 Å². The lowest BCUT2D eigenvalue weighted by molar-refractivity contribution is -0.136. The van der Waals surface area contributed by atoms with Crippen molar-refractivity contribution in [2.45, 2.75) is 39.3 Å². The Morgan fingerprint density at radius 1 is 1.32 bits per heavy atom. The van der Waals surface area contributed by atoms with Gasteiger partial charge in [-0.25, -0.2) is 0 Å². The first-order valence-electron chi connectivity index (χ1n) is 7.42. The Labute approximate surface area is 128 Å². The summed E-state index contributed by atoms with van der Waals surface area (Å²) in [6, 6.07) is 3.11. The van der Waals surface area contributed by atoms with Gasteiger partial charge in [-0.15, -0.1) is 0 Å². The molecule has 1 aromatic carbocycles. The summed E-state index contributed by atoms with van der Waals surface area (Å²) in [5, 5.41) is 2.30. The Morgan fingerprint density at radius 2 is 2.09 bits per heavy atom. The summed E-state index contributed by atoms with van der Waals surface area (Å²) in [5.41, 5.74) is 2.38. The van der Waals surface area contributed by atoms with E-state index in [2.05, 4.69) is 5.32 Å². The highest BCUT2D eigenvalue weighted by Crippen LogP contribution is 2.32. The fourth-order valence-electron chi connectivity index (χ4n) is 3.01. The molecule has 116 valence electrons. The summed E-state index contributed by atoms with van der Waals surface area (Å²) in [6.07, 6.45) is 0.640. The first-order valence-corrected chi connectivity index (χ1v) is 7.42. The molecule has 1 fully saturated rings. The number of amides is 3. The van der Waals surface area contributed by atoms with E-state index in [4.69, 9.17) is 4.74 Å². The van der Waals surface area contributed by atoms with Gasteiger partial charge in [0, 0.05) is 18.5 Å². The maximum atomic E-state index is 12.6. The smallest absolute Gasteiger partial charge is 0.255 e. The van der Waals surface area contributed by atoms with Gasteiger partial charge >= 0.3 is 0 Å². The van der Waals surface area contributed by atoms with Crippen LogP contribution in [0.5, 0.6) is 5.75 Å². The Balaban J connectivity index is 1.87. The molecule has 1 saturated heterocycles. The van der Waals surface area contributed by atoms with Gasteiger partial charge in [-0.05, 0) is 43.5 Å². The van der Waals surface area contributed by atoms with Crippen LogP contribution < -0.4 is 10.1 Å². The summed E-state index contributed by atoms with van der Waals surface area (Å²) in [5.74, 6) is -0.0612. The molecule has 0 saturated carbocycles. The van der Waals surface area contributed by atoms with Crippen molar-refractivity contribution in [3.05, 3.63) is 28.8 Å². The summed E-state index contributed by atoms with van der Waals surface area (Å²) in [7, 11) is 0. The summed E-state index contributed by atoms with van der Waals surface area (Å²) >= 11 is 0. The fraction of sp³-hybridized carbons (Fsp3) is 0.438. The average molecular weight is 302 g/mol. The van der Waals surface area contributed by atoms with Crippen molar-refractivity contribution in [2.75, 3.05) is 6.61 Å². The van der Waals surface area contributed by atoms with Crippen LogP contribution in [0, 0.1) is 6.92 Å². The molecule has 0 aromatic heterocycles. The molecule has 0 radical (unpaired) electrons. The molecule has 1 unspecified atom stereocenters. The number of hydrogen-bond acceptors (Lipinski definition) is 4. The standard InChI is InChI=1S/C16H18N2O4/c1-3-22-13-7-10-8-18(16(21)11(10)6-9(13)2)12-4-5-14(19)17-15(12)20/h6-7,12H,3-5,8H2,1-2H3,(H,17,19,20). The van der Waals surface area contributed by atoms with E-state index in [9.17, 15) is 14.4 Å². The predicted octanol–water partition coefficient (Wildman–Crippen LogP) is 1.15. The molecule has 3 rings (SSSR count). The van der Waals surface area contributed by atoms with Gasteiger partial charge in [-0.2, -0.15) is 0 Å². The number of nitrogens with one attached hydrogen (secondary N) is 1. The van der Waals surface area contributed by atoms with Crippen molar-refractivity contribution in [1.82, 2.24) is 10.2 Å². The number of nitrogens with zero attached hydrogens (tertiary/aromatic N) is 1. The molecule has 2 aliphatic rings. The molecule has 2 heterocycles. The van der Waals surface area contributed by atoms with Crippen molar-refractivity contribution < 1.29 is 19.1 Å². The van der Waals surface area contributed by atoms with E-state index in [1.807, 2.05) is 26.0 Å². The molecule has 0 spiro atoms. The number of carbonyl (C=O) groups is 3. The highest BCUT2D eigenvalue weighted by atomic mass is 16.5. The molecule has 1 N–H and O–H groups in total. The van der Waals surface area contributed by atoms with Crippen LogP contribution in [0.1, 0.15) is 41.3 Å². The molecule has 0 bridgehead atoms. The predicted molar refractivity (Wildman–Crippen MR) is 78.4 cm³/mol. The minimum Gasteiger partial charge on any atom is -0.494 e. The number of aryl methyl sites for hydroxylation is 1. The normalized spacial score (nSPS) is 20.9. The second kappa shape index (κ2) is 5.44. The van der Waals surface area contributed by atoms with Crippen LogP contribution in [0.15, 0.2) is 12.1 Å². The maximum Gasteiger partial charge on any atom is 0.255 e. The van der Waals surface area contributed by atoms with Crippen molar-refractivity contribution >= 4 is 17.7 Å². The fourth-order valence-corrected chi connectivity index (χ4v) is 3.01. The average Bonchev–Trinajstić information content (AvgIpc) is 2.77. The lowest BCUT2D eigenvalue weighted by atomic mass is 10.0. The summed E-state index contributed by atoms with van der Waals surface area (Å²) < 4.78 is 5.56. The number of piperidine rings is 1. The Kier molecular flexibility index (Phi) is 3.60. The quantitative estimate of drug-likeness (QED) is 0.850. The van der Waals surface area contributed by atoms with E-state index in [-0.39, 0.29) is 24.1 Å². The molecule has 0 aliphatic carbocycles. The number of rotatable bonds is 3. The molecular formula is C16H18N2O4. The van der Waals surface area contributed by atoms with Crippen LogP contribution in [0.3, 0.4) is 0 Å². The Morgan fingerprint density at radius 3 is 2.77 bits per heavy atom.